The molecule has 1 rings (SSSR count). The molecule has 0 aromatic heterocycles. The number of aliphatic hydroxyl groups is 1. The van der Waals surface area contributed by atoms with Crippen LogP contribution in [0.15, 0.2) is 0 Å². The molecule has 0 aliphatic carbocycles. The number of aliphatic hydroxyl groups excluding tert-OH is 1. The van der Waals surface area contributed by atoms with E-state index in [9.17, 15) is 14.7 Å². The van der Waals surface area contributed by atoms with Gasteiger partial charge in [-0.3, -0.25) is 9.59 Å². The summed E-state index contributed by atoms with van der Waals surface area (Å²) in [5, 5.41) is 9.41. The second-order valence-corrected chi connectivity index (χ2v) is 8.76. The summed E-state index contributed by atoms with van der Waals surface area (Å²) in [7, 11) is 0. The number of ether oxygens (including phenoxy) is 3. The lowest BCUT2D eigenvalue weighted by Crippen LogP contribution is -2.40. The van der Waals surface area contributed by atoms with E-state index in [0.717, 1.165) is 0 Å². The van der Waals surface area contributed by atoms with Gasteiger partial charge in [-0.15, -0.1) is 0 Å². The van der Waals surface area contributed by atoms with Gasteiger partial charge in [0.1, 0.15) is 0 Å². The number of hydrogen-bond acceptors (Lipinski definition) is 6. The molecule has 24 heavy (non-hydrogen) atoms. The lowest BCUT2D eigenvalue weighted by Gasteiger charge is -2.27. The Morgan fingerprint density at radius 1 is 1.04 bits per heavy atom. The van der Waals surface area contributed by atoms with Crippen molar-refractivity contribution in [3.8, 4) is 0 Å². The van der Waals surface area contributed by atoms with Gasteiger partial charge in [-0.05, 0) is 41.5 Å². The Balaban J connectivity index is 2.99. The Morgan fingerprint density at radius 2 is 1.50 bits per heavy atom. The molecule has 0 bridgehead atoms. The van der Waals surface area contributed by atoms with Gasteiger partial charge in [-0.25, -0.2) is 0 Å². The van der Waals surface area contributed by atoms with E-state index < -0.39 is 29.2 Å². The van der Waals surface area contributed by atoms with Crippen LogP contribution in [0, 0.1) is 22.7 Å². The van der Waals surface area contributed by atoms with Crippen LogP contribution < -0.4 is 0 Å². The van der Waals surface area contributed by atoms with Gasteiger partial charge in [0.25, 0.3) is 0 Å². The van der Waals surface area contributed by atoms with E-state index in [1.165, 1.54) is 0 Å². The van der Waals surface area contributed by atoms with Gasteiger partial charge in [0.05, 0.1) is 16.9 Å². The first kappa shape index (κ1) is 20.9. The van der Waals surface area contributed by atoms with Crippen LogP contribution in [-0.2, 0) is 23.8 Å². The van der Waals surface area contributed by atoms with Gasteiger partial charge >= 0.3 is 11.9 Å². The van der Waals surface area contributed by atoms with Crippen LogP contribution >= 0.6 is 0 Å². The molecule has 0 amide bonds. The lowest BCUT2D eigenvalue weighted by atomic mass is 9.91. The van der Waals surface area contributed by atoms with Crippen molar-refractivity contribution in [1.29, 1.82) is 0 Å². The molecule has 0 saturated carbocycles. The van der Waals surface area contributed by atoms with Crippen molar-refractivity contribution in [2.75, 3.05) is 6.61 Å². The Hall–Kier alpha value is -1.14. The molecule has 0 aromatic rings. The number of esters is 2. The van der Waals surface area contributed by atoms with E-state index in [2.05, 4.69) is 0 Å². The fourth-order valence-corrected chi connectivity index (χ4v) is 2.39. The lowest BCUT2D eigenvalue weighted by molar-refractivity contribution is -0.207. The molecule has 5 atom stereocenters. The van der Waals surface area contributed by atoms with E-state index in [1.54, 1.807) is 41.5 Å². The molecule has 0 aromatic carbocycles. The molecule has 1 saturated heterocycles. The van der Waals surface area contributed by atoms with Gasteiger partial charge in [0.2, 0.25) is 6.29 Å². The highest BCUT2D eigenvalue weighted by Crippen LogP contribution is 2.36. The molecule has 1 fully saturated rings. The van der Waals surface area contributed by atoms with E-state index in [0.29, 0.717) is 0 Å². The van der Waals surface area contributed by atoms with Crippen molar-refractivity contribution in [2.45, 2.75) is 73.9 Å². The third-order valence-electron chi connectivity index (χ3n) is 4.14. The molecule has 140 valence electrons. The van der Waals surface area contributed by atoms with Crippen LogP contribution in [0.25, 0.3) is 0 Å². The molecule has 6 nitrogen and oxygen atoms in total. The van der Waals surface area contributed by atoms with Crippen molar-refractivity contribution >= 4 is 11.9 Å². The van der Waals surface area contributed by atoms with E-state index >= 15 is 0 Å². The minimum Gasteiger partial charge on any atom is -0.455 e. The zero-order chi connectivity index (χ0) is 18.9. The summed E-state index contributed by atoms with van der Waals surface area (Å²) in [5.74, 6) is -1.16. The number of carbonyl (C=O) groups is 2. The Bertz CT molecular complexity index is 459. The molecule has 0 radical (unpaired) electrons. The first-order valence-electron chi connectivity index (χ1n) is 8.47. The summed E-state index contributed by atoms with van der Waals surface area (Å²) in [5.41, 5.74) is -1.36. The van der Waals surface area contributed by atoms with Crippen LogP contribution in [0.1, 0.15) is 55.4 Å². The average Bonchev–Trinajstić information content (AvgIpc) is 2.73. The third-order valence-corrected chi connectivity index (χ3v) is 4.14. The maximum atomic E-state index is 12.3. The fraction of sp³-hybridized carbons (Fsp3) is 0.889. The standard InChI is InChI=1S/C18H32O6/c1-10(9-19)12-11(2)13(23-15(20)17(3,4)5)14(22-12)24-16(21)18(6,7)8/h10-14,19H,9H2,1-8H3/t10-,11-,12-,13+,14-/m0/s1. The first-order valence-corrected chi connectivity index (χ1v) is 8.47. The predicted octanol–water partition coefficient (Wildman–Crippen LogP) is 2.52. The largest absolute Gasteiger partial charge is 0.455 e. The predicted molar refractivity (Wildman–Crippen MR) is 89.0 cm³/mol. The van der Waals surface area contributed by atoms with Crippen molar-refractivity contribution in [3.05, 3.63) is 0 Å². The first-order chi connectivity index (χ1) is 10.8. The molecule has 6 heteroatoms. The topological polar surface area (TPSA) is 82.1 Å². The number of rotatable bonds is 4. The zero-order valence-electron chi connectivity index (χ0n) is 16.1. The zero-order valence-corrected chi connectivity index (χ0v) is 16.1. The highest BCUT2D eigenvalue weighted by Gasteiger charge is 2.49. The highest BCUT2D eigenvalue weighted by atomic mass is 16.7. The van der Waals surface area contributed by atoms with Crippen molar-refractivity contribution in [2.24, 2.45) is 22.7 Å². The van der Waals surface area contributed by atoms with E-state index in [1.807, 2.05) is 13.8 Å². The molecule has 0 spiro atoms. The summed E-state index contributed by atoms with van der Waals surface area (Å²) in [6.07, 6.45) is -2.01. The molecule has 1 N–H and O–H groups in total. The second kappa shape index (κ2) is 7.40. The average molecular weight is 344 g/mol. The smallest absolute Gasteiger partial charge is 0.313 e. The monoisotopic (exact) mass is 344 g/mol. The van der Waals surface area contributed by atoms with Crippen LogP contribution in [0.5, 0.6) is 0 Å². The van der Waals surface area contributed by atoms with E-state index in [4.69, 9.17) is 14.2 Å². The second-order valence-electron chi connectivity index (χ2n) is 8.76. The number of hydrogen-bond donors (Lipinski definition) is 1. The van der Waals surface area contributed by atoms with Crippen molar-refractivity contribution in [1.82, 2.24) is 0 Å². The van der Waals surface area contributed by atoms with Crippen LogP contribution in [0.2, 0.25) is 0 Å². The van der Waals surface area contributed by atoms with Gasteiger partial charge in [-0.2, -0.15) is 0 Å². The van der Waals surface area contributed by atoms with Gasteiger partial charge in [0, 0.05) is 18.4 Å². The molecule has 1 aliphatic rings. The summed E-state index contributed by atoms with van der Waals surface area (Å²) in [6.45, 7) is 14.2. The maximum Gasteiger partial charge on any atom is 0.313 e. The molecular formula is C18H32O6. The van der Waals surface area contributed by atoms with Crippen LogP contribution in [0.4, 0.5) is 0 Å². The van der Waals surface area contributed by atoms with Gasteiger partial charge < -0.3 is 19.3 Å². The van der Waals surface area contributed by atoms with Gasteiger partial charge in [0.15, 0.2) is 6.10 Å². The van der Waals surface area contributed by atoms with E-state index in [-0.39, 0.29) is 30.5 Å². The Kier molecular flexibility index (Phi) is 6.44. The highest BCUT2D eigenvalue weighted by molar-refractivity contribution is 5.76. The minimum atomic E-state index is -0.961. The Morgan fingerprint density at radius 3 is 1.92 bits per heavy atom. The molecule has 0 unspecified atom stereocenters. The molecular weight excluding hydrogens is 312 g/mol. The number of carbonyl (C=O) groups excluding carboxylic acids is 2. The van der Waals surface area contributed by atoms with Crippen molar-refractivity contribution < 1.29 is 28.9 Å². The molecule has 1 aliphatic heterocycles. The van der Waals surface area contributed by atoms with Crippen LogP contribution in [-0.4, -0.2) is 42.1 Å². The quantitative estimate of drug-likeness (QED) is 0.789. The minimum absolute atomic E-state index is 0.0606. The summed E-state index contributed by atoms with van der Waals surface area (Å²) in [6, 6.07) is 0. The summed E-state index contributed by atoms with van der Waals surface area (Å²) >= 11 is 0. The van der Waals surface area contributed by atoms with Gasteiger partial charge in [-0.1, -0.05) is 13.8 Å². The molecule has 1 heterocycles. The fourth-order valence-electron chi connectivity index (χ4n) is 2.39. The summed E-state index contributed by atoms with van der Waals surface area (Å²) < 4.78 is 16.9. The van der Waals surface area contributed by atoms with Crippen LogP contribution in [0.3, 0.4) is 0 Å². The SMILES string of the molecule is C[C@H]1[C@H]([C@@H](C)CO)O[C@@H](OC(=O)C(C)(C)C)[C@@H]1OC(=O)C(C)(C)C. The maximum absolute atomic E-state index is 12.3. The van der Waals surface area contributed by atoms with Crippen molar-refractivity contribution in [3.63, 3.8) is 0 Å². The Labute approximate surface area is 144 Å². The summed E-state index contributed by atoms with van der Waals surface area (Å²) in [4.78, 5) is 24.5. The normalized spacial score (nSPS) is 29.2. The third kappa shape index (κ3) is 4.93.